The van der Waals surface area contributed by atoms with E-state index in [4.69, 9.17) is 14.7 Å². The summed E-state index contributed by atoms with van der Waals surface area (Å²) >= 11 is 0. The molecule has 0 bridgehead atoms. The second-order valence-corrected chi connectivity index (χ2v) is 4.92. The third kappa shape index (κ3) is 5.14. The van der Waals surface area contributed by atoms with E-state index < -0.39 is 18.0 Å². The topological polar surface area (TPSA) is 88.4 Å². The fourth-order valence-electron chi connectivity index (χ4n) is 1.85. The van der Waals surface area contributed by atoms with Crippen molar-refractivity contribution in [2.45, 2.75) is 13.0 Å². The molecule has 0 spiro atoms. The number of ether oxygens (including phenoxy) is 2. The molecular formula is C18H16N2O4. The number of benzene rings is 2. The van der Waals surface area contributed by atoms with Crippen molar-refractivity contribution in [1.29, 1.82) is 5.26 Å². The number of nitrogens with zero attached hydrogens (tertiary/aromatic N) is 1. The van der Waals surface area contributed by atoms with Crippen LogP contribution in [0.1, 0.15) is 12.5 Å². The van der Waals surface area contributed by atoms with Crippen molar-refractivity contribution in [3.8, 4) is 11.8 Å². The number of hydrogen-bond donors (Lipinski definition) is 1. The lowest BCUT2D eigenvalue weighted by Crippen LogP contribution is -2.31. The van der Waals surface area contributed by atoms with E-state index in [0.717, 1.165) is 0 Å². The highest BCUT2D eigenvalue weighted by Gasteiger charge is 2.18. The van der Waals surface area contributed by atoms with Crippen LogP contribution in [-0.4, -0.2) is 24.6 Å². The zero-order chi connectivity index (χ0) is 17.4. The summed E-state index contributed by atoms with van der Waals surface area (Å²) in [5, 5.41) is 11.4. The molecule has 2 aromatic carbocycles. The quantitative estimate of drug-likeness (QED) is 0.825. The number of carbonyl (C=O) groups excluding carboxylic acids is 2. The molecule has 1 N–H and O–H groups in total. The first-order chi connectivity index (χ1) is 11.6. The Labute approximate surface area is 139 Å². The van der Waals surface area contributed by atoms with Gasteiger partial charge in [0.2, 0.25) is 0 Å². The van der Waals surface area contributed by atoms with Crippen molar-refractivity contribution >= 4 is 17.6 Å². The van der Waals surface area contributed by atoms with Gasteiger partial charge in [-0.1, -0.05) is 24.3 Å². The van der Waals surface area contributed by atoms with Crippen molar-refractivity contribution in [3.05, 3.63) is 60.2 Å². The van der Waals surface area contributed by atoms with E-state index in [1.807, 2.05) is 12.1 Å². The third-order valence-electron chi connectivity index (χ3n) is 3.04. The van der Waals surface area contributed by atoms with Crippen LogP contribution >= 0.6 is 0 Å². The molecule has 0 fully saturated rings. The molecule has 0 radical (unpaired) electrons. The number of carbonyl (C=O) groups is 2. The second kappa shape index (κ2) is 8.34. The Morgan fingerprint density at radius 1 is 1.17 bits per heavy atom. The number of hydrogen-bond acceptors (Lipinski definition) is 5. The number of amides is 1. The average Bonchev–Trinajstić information content (AvgIpc) is 2.61. The summed E-state index contributed by atoms with van der Waals surface area (Å²) in [7, 11) is 0. The van der Waals surface area contributed by atoms with E-state index in [2.05, 4.69) is 5.32 Å². The Morgan fingerprint density at radius 3 is 2.62 bits per heavy atom. The van der Waals surface area contributed by atoms with Gasteiger partial charge >= 0.3 is 5.97 Å². The van der Waals surface area contributed by atoms with Gasteiger partial charge < -0.3 is 14.8 Å². The highest BCUT2D eigenvalue weighted by molar-refractivity contribution is 5.95. The summed E-state index contributed by atoms with van der Waals surface area (Å²) in [5.74, 6) is -0.592. The molecule has 0 saturated heterocycles. The highest BCUT2D eigenvalue weighted by Crippen LogP contribution is 2.11. The van der Waals surface area contributed by atoms with Gasteiger partial charge in [-0.3, -0.25) is 4.79 Å². The first-order valence-corrected chi connectivity index (χ1v) is 7.27. The van der Waals surface area contributed by atoms with Gasteiger partial charge in [0.05, 0.1) is 11.6 Å². The lowest BCUT2D eigenvalue weighted by atomic mass is 10.2. The molecule has 1 atom stereocenters. The summed E-state index contributed by atoms with van der Waals surface area (Å²) in [5.41, 5.74) is 0.885. The Hall–Kier alpha value is -3.33. The van der Waals surface area contributed by atoms with Crippen molar-refractivity contribution in [2.75, 3.05) is 11.9 Å². The molecule has 0 aromatic heterocycles. The number of rotatable bonds is 6. The number of anilines is 1. The highest BCUT2D eigenvalue weighted by atomic mass is 16.6. The molecule has 6 heteroatoms. The molecule has 6 nitrogen and oxygen atoms in total. The van der Waals surface area contributed by atoms with E-state index in [0.29, 0.717) is 17.0 Å². The summed E-state index contributed by atoms with van der Waals surface area (Å²) in [4.78, 5) is 23.7. The van der Waals surface area contributed by atoms with Gasteiger partial charge in [0.1, 0.15) is 5.75 Å². The number of nitrogens with one attached hydrogen (secondary N) is 1. The molecule has 1 amide bonds. The van der Waals surface area contributed by atoms with Crippen LogP contribution in [0.25, 0.3) is 0 Å². The molecule has 122 valence electrons. The van der Waals surface area contributed by atoms with Crippen LogP contribution in [0.4, 0.5) is 5.69 Å². The largest absolute Gasteiger partial charge is 0.482 e. The first-order valence-electron chi connectivity index (χ1n) is 7.27. The first kappa shape index (κ1) is 17.0. The SMILES string of the molecule is CC(OC(=O)COc1ccccc1)C(=O)Nc1cccc(C#N)c1. The fraction of sp³-hybridized carbons (Fsp3) is 0.167. The number of esters is 1. The van der Waals surface area contributed by atoms with Crippen molar-refractivity contribution in [1.82, 2.24) is 0 Å². The average molecular weight is 324 g/mol. The molecule has 0 aliphatic heterocycles. The Morgan fingerprint density at radius 2 is 1.92 bits per heavy atom. The van der Waals surface area contributed by atoms with E-state index in [1.54, 1.807) is 42.5 Å². The van der Waals surface area contributed by atoms with Gasteiger partial charge in [-0.15, -0.1) is 0 Å². The predicted octanol–water partition coefficient (Wildman–Crippen LogP) is 2.51. The molecule has 0 aliphatic rings. The lowest BCUT2D eigenvalue weighted by molar-refractivity contribution is -0.155. The minimum atomic E-state index is -0.984. The Kier molecular flexibility index (Phi) is 5.92. The summed E-state index contributed by atoms with van der Waals surface area (Å²) in [6.07, 6.45) is -0.984. The van der Waals surface area contributed by atoms with Crippen LogP contribution in [0.3, 0.4) is 0 Å². The van der Waals surface area contributed by atoms with Gasteiger partial charge in [0.25, 0.3) is 5.91 Å². The molecule has 2 aromatic rings. The Bertz CT molecular complexity index is 753. The Balaban J connectivity index is 1.82. The number of para-hydroxylation sites is 1. The van der Waals surface area contributed by atoms with Crippen LogP contribution < -0.4 is 10.1 Å². The monoisotopic (exact) mass is 324 g/mol. The van der Waals surface area contributed by atoms with Gasteiger partial charge in [-0.25, -0.2) is 4.79 Å². The van der Waals surface area contributed by atoms with Crippen LogP contribution in [0.15, 0.2) is 54.6 Å². The third-order valence-corrected chi connectivity index (χ3v) is 3.04. The van der Waals surface area contributed by atoms with Gasteiger partial charge in [0, 0.05) is 5.69 Å². The van der Waals surface area contributed by atoms with Crippen LogP contribution in [-0.2, 0) is 14.3 Å². The van der Waals surface area contributed by atoms with E-state index in [9.17, 15) is 9.59 Å². The van der Waals surface area contributed by atoms with Gasteiger partial charge in [-0.2, -0.15) is 5.26 Å². The maximum Gasteiger partial charge on any atom is 0.344 e. The molecular weight excluding hydrogens is 308 g/mol. The summed E-state index contributed by atoms with van der Waals surface area (Å²) < 4.78 is 10.3. The molecule has 24 heavy (non-hydrogen) atoms. The normalized spacial score (nSPS) is 11.0. The molecule has 0 saturated carbocycles. The van der Waals surface area contributed by atoms with E-state index in [-0.39, 0.29) is 6.61 Å². The maximum atomic E-state index is 12.0. The van der Waals surface area contributed by atoms with Crippen LogP contribution in [0.2, 0.25) is 0 Å². The molecule has 1 unspecified atom stereocenters. The van der Waals surface area contributed by atoms with Crippen LogP contribution in [0, 0.1) is 11.3 Å². The smallest absolute Gasteiger partial charge is 0.344 e. The summed E-state index contributed by atoms with van der Waals surface area (Å²) in [6, 6.07) is 17.3. The molecule has 0 aliphatic carbocycles. The minimum absolute atomic E-state index is 0.286. The van der Waals surface area contributed by atoms with Gasteiger partial charge in [0.15, 0.2) is 12.7 Å². The van der Waals surface area contributed by atoms with Crippen LogP contribution in [0.5, 0.6) is 5.75 Å². The number of nitriles is 1. The lowest BCUT2D eigenvalue weighted by Gasteiger charge is -2.14. The molecule has 2 rings (SSSR count). The zero-order valence-corrected chi connectivity index (χ0v) is 13.1. The zero-order valence-electron chi connectivity index (χ0n) is 13.1. The van der Waals surface area contributed by atoms with Crippen molar-refractivity contribution in [3.63, 3.8) is 0 Å². The summed E-state index contributed by atoms with van der Waals surface area (Å²) in [6.45, 7) is 1.18. The minimum Gasteiger partial charge on any atom is -0.482 e. The molecule has 0 heterocycles. The predicted molar refractivity (Wildman–Crippen MR) is 87.3 cm³/mol. The maximum absolute atomic E-state index is 12.0. The second-order valence-electron chi connectivity index (χ2n) is 4.92. The standard InChI is InChI=1S/C18H16N2O4/c1-13(18(22)20-15-7-5-6-14(10-15)11-19)24-17(21)12-23-16-8-3-2-4-9-16/h2-10,13H,12H2,1H3,(H,20,22). The fourth-order valence-corrected chi connectivity index (χ4v) is 1.85. The van der Waals surface area contributed by atoms with E-state index >= 15 is 0 Å². The van der Waals surface area contributed by atoms with Crippen molar-refractivity contribution in [2.24, 2.45) is 0 Å². The van der Waals surface area contributed by atoms with Gasteiger partial charge in [-0.05, 0) is 37.3 Å². The van der Waals surface area contributed by atoms with Crippen molar-refractivity contribution < 1.29 is 19.1 Å². The van der Waals surface area contributed by atoms with E-state index in [1.165, 1.54) is 13.0 Å².